The minimum Gasteiger partial charge on any atom is -0.482 e. The molecule has 120 valence electrons. The van der Waals surface area contributed by atoms with Crippen LogP contribution in [0.15, 0.2) is 65.5 Å². The third-order valence-corrected chi connectivity index (χ3v) is 4.36. The molecule has 0 aliphatic carbocycles. The van der Waals surface area contributed by atoms with E-state index in [4.69, 9.17) is 4.74 Å². The number of benzene rings is 2. The number of para-hydroxylation sites is 1. The fourth-order valence-corrected chi connectivity index (χ4v) is 3.16. The quantitative estimate of drug-likeness (QED) is 0.708. The van der Waals surface area contributed by atoms with E-state index in [9.17, 15) is 4.79 Å². The zero-order valence-corrected chi connectivity index (χ0v) is 13.8. The van der Waals surface area contributed by atoms with Crippen LogP contribution in [0, 0.1) is 0 Å². The fourth-order valence-electron chi connectivity index (χ4n) is 3.16. The molecule has 0 amide bonds. The molecule has 24 heavy (non-hydrogen) atoms. The zero-order chi connectivity index (χ0) is 16.7. The van der Waals surface area contributed by atoms with E-state index in [0.717, 1.165) is 16.5 Å². The molecule has 0 bridgehead atoms. The topological polar surface area (TPSA) is 31.2 Å². The van der Waals surface area contributed by atoms with E-state index in [1.165, 1.54) is 0 Å². The maximum absolute atomic E-state index is 13.1. The van der Waals surface area contributed by atoms with Crippen LogP contribution in [0.25, 0.3) is 17.0 Å². The maximum atomic E-state index is 13.1. The summed E-state index contributed by atoms with van der Waals surface area (Å²) in [6, 6.07) is 18.0. The Kier molecular flexibility index (Phi) is 3.31. The normalized spacial score (nSPS) is 15.1. The van der Waals surface area contributed by atoms with Crippen LogP contribution in [0.5, 0.6) is 5.75 Å². The highest BCUT2D eigenvalue weighted by Crippen LogP contribution is 2.35. The lowest BCUT2D eigenvalue weighted by atomic mass is 10.0. The van der Waals surface area contributed by atoms with Gasteiger partial charge in [-0.3, -0.25) is 4.79 Å². The summed E-state index contributed by atoms with van der Waals surface area (Å²) in [4.78, 5) is 13.1. The lowest BCUT2D eigenvalue weighted by molar-refractivity contribution is 0.161. The Balaban J connectivity index is 1.99. The van der Waals surface area contributed by atoms with E-state index in [1.54, 1.807) is 0 Å². The molecular weight excluding hydrogens is 298 g/mol. The molecule has 0 atom stereocenters. The molecule has 4 rings (SSSR count). The summed E-state index contributed by atoms with van der Waals surface area (Å²) in [5.41, 5.74) is 2.21. The van der Waals surface area contributed by atoms with Crippen molar-refractivity contribution < 1.29 is 4.74 Å². The van der Waals surface area contributed by atoms with Crippen LogP contribution < -0.4 is 10.3 Å². The highest BCUT2D eigenvalue weighted by atomic mass is 16.5. The van der Waals surface area contributed by atoms with Gasteiger partial charge in [-0.2, -0.15) is 0 Å². The average Bonchev–Trinajstić information content (AvgIpc) is 2.59. The molecule has 0 fully saturated rings. The van der Waals surface area contributed by atoms with Crippen LogP contribution in [0.3, 0.4) is 0 Å². The first-order valence-electron chi connectivity index (χ1n) is 8.13. The monoisotopic (exact) mass is 317 g/mol. The van der Waals surface area contributed by atoms with E-state index < -0.39 is 5.60 Å². The SMILES string of the molecule is CC1(C)C=Cc2c(c3ccccc3n(Cc3ccccc3)c2=O)O1. The number of ether oxygens (including phenoxy) is 1. The Morgan fingerprint density at radius 3 is 2.50 bits per heavy atom. The first-order chi connectivity index (χ1) is 11.6. The van der Waals surface area contributed by atoms with Gasteiger partial charge in [-0.1, -0.05) is 42.5 Å². The van der Waals surface area contributed by atoms with Crippen molar-refractivity contribution >= 4 is 17.0 Å². The van der Waals surface area contributed by atoms with Gasteiger partial charge in [-0.25, -0.2) is 0 Å². The lowest BCUT2D eigenvalue weighted by Crippen LogP contribution is -2.32. The molecule has 1 aliphatic heterocycles. The van der Waals surface area contributed by atoms with Crippen molar-refractivity contribution in [3.8, 4) is 5.75 Å². The van der Waals surface area contributed by atoms with E-state index in [-0.39, 0.29) is 5.56 Å². The van der Waals surface area contributed by atoms with Crippen molar-refractivity contribution in [1.29, 1.82) is 0 Å². The molecule has 0 unspecified atom stereocenters. The van der Waals surface area contributed by atoms with Crippen LogP contribution in [0.4, 0.5) is 0 Å². The maximum Gasteiger partial charge on any atom is 0.262 e. The van der Waals surface area contributed by atoms with E-state index in [2.05, 4.69) is 0 Å². The first kappa shape index (κ1) is 14.8. The number of pyridine rings is 1. The van der Waals surface area contributed by atoms with Crippen LogP contribution in [-0.4, -0.2) is 10.2 Å². The highest BCUT2D eigenvalue weighted by Gasteiger charge is 2.26. The molecule has 3 heteroatoms. The van der Waals surface area contributed by atoms with Gasteiger partial charge < -0.3 is 9.30 Å². The van der Waals surface area contributed by atoms with E-state index in [1.807, 2.05) is 85.2 Å². The van der Waals surface area contributed by atoms with Crippen molar-refractivity contribution in [3.05, 3.63) is 82.2 Å². The molecule has 0 N–H and O–H groups in total. The first-order valence-corrected chi connectivity index (χ1v) is 8.13. The predicted molar refractivity (Wildman–Crippen MR) is 97.5 cm³/mol. The Labute approximate surface area is 140 Å². The minimum atomic E-state index is -0.409. The van der Waals surface area contributed by atoms with Crippen LogP contribution >= 0.6 is 0 Å². The molecule has 3 nitrogen and oxygen atoms in total. The number of hydrogen-bond acceptors (Lipinski definition) is 2. The summed E-state index contributed by atoms with van der Waals surface area (Å²) in [6.07, 6.45) is 3.84. The minimum absolute atomic E-state index is 0.0145. The second-order valence-electron chi connectivity index (χ2n) is 6.68. The summed E-state index contributed by atoms with van der Waals surface area (Å²) in [5, 5.41) is 0.973. The van der Waals surface area contributed by atoms with E-state index >= 15 is 0 Å². The molecule has 1 aromatic heterocycles. The van der Waals surface area contributed by atoms with Gasteiger partial charge in [-0.05, 0) is 43.7 Å². The fraction of sp³-hybridized carbons (Fsp3) is 0.190. The zero-order valence-electron chi connectivity index (χ0n) is 13.8. The van der Waals surface area contributed by atoms with E-state index in [0.29, 0.717) is 17.9 Å². The number of fused-ring (bicyclic) bond motifs is 3. The number of aromatic nitrogens is 1. The predicted octanol–water partition coefficient (Wildman–Crippen LogP) is 4.23. The lowest BCUT2D eigenvalue weighted by Gasteiger charge is -2.29. The Morgan fingerprint density at radius 1 is 1.00 bits per heavy atom. The molecular formula is C21H19NO2. The molecule has 0 radical (unpaired) electrons. The summed E-state index contributed by atoms with van der Waals surface area (Å²) < 4.78 is 7.95. The summed E-state index contributed by atoms with van der Waals surface area (Å²) in [5.74, 6) is 0.687. The van der Waals surface area contributed by atoms with Gasteiger partial charge in [0.15, 0.2) is 0 Å². The Bertz CT molecular complexity index is 998. The van der Waals surface area contributed by atoms with Gasteiger partial charge in [0, 0.05) is 5.39 Å². The van der Waals surface area contributed by atoms with Gasteiger partial charge in [-0.15, -0.1) is 0 Å². The molecule has 0 spiro atoms. The molecule has 1 aliphatic rings. The average molecular weight is 317 g/mol. The summed E-state index contributed by atoms with van der Waals surface area (Å²) in [6.45, 7) is 4.54. The standard InChI is InChI=1S/C21H19NO2/c1-21(2)13-12-17-19(24-21)16-10-6-7-11-18(16)22(20(17)23)14-15-8-4-3-5-9-15/h3-13H,14H2,1-2H3. The van der Waals surface area contributed by atoms with Gasteiger partial charge >= 0.3 is 0 Å². The van der Waals surface area contributed by atoms with Crippen molar-refractivity contribution in [1.82, 2.24) is 4.57 Å². The second-order valence-corrected chi connectivity index (χ2v) is 6.68. The third-order valence-electron chi connectivity index (χ3n) is 4.36. The van der Waals surface area contributed by atoms with Crippen molar-refractivity contribution in [2.24, 2.45) is 0 Å². The Morgan fingerprint density at radius 2 is 1.71 bits per heavy atom. The van der Waals surface area contributed by atoms with Gasteiger partial charge in [0.2, 0.25) is 0 Å². The molecule has 0 saturated heterocycles. The van der Waals surface area contributed by atoms with Crippen molar-refractivity contribution in [2.45, 2.75) is 26.0 Å². The van der Waals surface area contributed by atoms with Crippen molar-refractivity contribution in [3.63, 3.8) is 0 Å². The summed E-state index contributed by atoms with van der Waals surface area (Å²) in [7, 11) is 0. The smallest absolute Gasteiger partial charge is 0.262 e. The van der Waals surface area contributed by atoms with Crippen LogP contribution in [0.2, 0.25) is 0 Å². The largest absolute Gasteiger partial charge is 0.482 e. The third kappa shape index (κ3) is 2.42. The number of nitrogens with zero attached hydrogens (tertiary/aromatic N) is 1. The Hall–Kier alpha value is -2.81. The van der Waals surface area contributed by atoms with Gasteiger partial charge in [0.25, 0.3) is 5.56 Å². The second kappa shape index (κ2) is 5.38. The van der Waals surface area contributed by atoms with Crippen molar-refractivity contribution in [2.75, 3.05) is 0 Å². The molecule has 0 saturated carbocycles. The number of rotatable bonds is 2. The number of hydrogen-bond donors (Lipinski definition) is 0. The highest BCUT2D eigenvalue weighted by molar-refractivity contribution is 5.89. The van der Waals surface area contributed by atoms with Crippen LogP contribution in [0.1, 0.15) is 25.0 Å². The molecule has 2 heterocycles. The van der Waals surface area contributed by atoms with Gasteiger partial charge in [0.05, 0.1) is 17.6 Å². The van der Waals surface area contributed by atoms with Crippen LogP contribution in [-0.2, 0) is 6.54 Å². The summed E-state index contributed by atoms with van der Waals surface area (Å²) >= 11 is 0. The molecule has 2 aromatic carbocycles. The van der Waals surface area contributed by atoms with Gasteiger partial charge in [0.1, 0.15) is 11.4 Å². The molecule has 3 aromatic rings.